The molecule has 0 spiro atoms. The lowest BCUT2D eigenvalue weighted by atomic mass is 9.91. The molecule has 1 fully saturated rings. The highest BCUT2D eigenvalue weighted by Gasteiger charge is 2.23. The largest absolute Gasteiger partial charge is 0.395 e. The van der Waals surface area contributed by atoms with Crippen molar-refractivity contribution in [2.75, 3.05) is 25.4 Å². The normalized spacial score (nSPS) is 15.8. The first kappa shape index (κ1) is 15.5. The summed E-state index contributed by atoms with van der Waals surface area (Å²) in [6, 6.07) is 6.22. The molecule has 0 saturated heterocycles. The molecule has 0 atom stereocenters. The quantitative estimate of drug-likeness (QED) is 0.770. The third-order valence-corrected chi connectivity index (χ3v) is 5.22. The Bertz CT molecular complexity index is 412. The number of halogens is 2. The van der Waals surface area contributed by atoms with Crippen LogP contribution in [0, 0.1) is 0 Å². The summed E-state index contributed by atoms with van der Waals surface area (Å²) < 4.78 is 0. The monoisotopic (exact) mass is 319 g/mol. The van der Waals surface area contributed by atoms with Crippen molar-refractivity contribution in [1.29, 1.82) is 0 Å². The van der Waals surface area contributed by atoms with E-state index in [9.17, 15) is 0 Å². The molecule has 2 nitrogen and oxygen atoms in total. The van der Waals surface area contributed by atoms with Crippen molar-refractivity contribution in [3.05, 3.63) is 28.2 Å². The molecule has 0 aromatic heterocycles. The lowest BCUT2D eigenvalue weighted by Gasteiger charge is -2.37. The summed E-state index contributed by atoms with van der Waals surface area (Å²) in [5, 5.41) is 10.6. The minimum absolute atomic E-state index is 0.235. The van der Waals surface area contributed by atoms with Crippen LogP contribution in [0.1, 0.15) is 19.3 Å². The molecule has 0 heterocycles. The lowest BCUT2D eigenvalue weighted by Crippen LogP contribution is -2.42. The van der Waals surface area contributed by atoms with E-state index in [2.05, 4.69) is 4.90 Å². The van der Waals surface area contributed by atoms with E-state index < -0.39 is 0 Å². The minimum atomic E-state index is 0.235. The summed E-state index contributed by atoms with van der Waals surface area (Å²) in [5.41, 5.74) is 0. The van der Waals surface area contributed by atoms with Crippen LogP contribution in [0.4, 0.5) is 0 Å². The Balaban J connectivity index is 1.82. The van der Waals surface area contributed by atoms with Crippen LogP contribution >= 0.6 is 35.0 Å². The maximum atomic E-state index is 9.12. The topological polar surface area (TPSA) is 23.5 Å². The van der Waals surface area contributed by atoms with Gasteiger partial charge in [0.2, 0.25) is 0 Å². The smallest absolute Gasteiger partial charge is 0.0558 e. The second-order valence-electron chi connectivity index (χ2n) is 4.77. The molecule has 0 amide bonds. The Morgan fingerprint density at radius 1 is 1.26 bits per heavy atom. The number of hydrogen-bond acceptors (Lipinski definition) is 3. The van der Waals surface area contributed by atoms with E-state index in [-0.39, 0.29) is 6.61 Å². The maximum absolute atomic E-state index is 9.12. The predicted octanol–water partition coefficient (Wildman–Crippen LogP) is 3.93. The molecule has 2 rings (SSSR count). The Kier molecular flexibility index (Phi) is 6.30. The van der Waals surface area contributed by atoms with Crippen LogP contribution in [-0.2, 0) is 0 Å². The zero-order valence-electron chi connectivity index (χ0n) is 10.8. The number of aliphatic hydroxyl groups excluding tert-OH is 1. The van der Waals surface area contributed by atoms with Gasteiger partial charge in [0, 0.05) is 34.8 Å². The van der Waals surface area contributed by atoms with Crippen LogP contribution in [0.5, 0.6) is 0 Å². The van der Waals surface area contributed by atoms with Gasteiger partial charge in [0.1, 0.15) is 0 Å². The van der Waals surface area contributed by atoms with Crippen molar-refractivity contribution in [2.45, 2.75) is 30.2 Å². The fourth-order valence-electron chi connectivity index (χ4n) is 2.22. The van der Waals surface area contributed by atoms with E-state index >= 15 is 0 Å². The molecule has 1 aromatic carbocycles. The van der Waals surface area contributed by atoms with Crippen LogP contribution < -0.4 is 0 Å². The fraction of sp³-hybridized carbons (Fsp3) is 0.571. The van der Waals surface area contributed by atoms with Gasteiger partial charge in [0.15, 0.2) is 0 Å². The van der Waals surface area contributed by atoms with Gasteiger partial charge in [-0.25, -0.2) is 0 Å². The van der Waals surface area contributed by atoms with Gasteiger partial charge in [-0.2, -0.15) is 0 Å². The van der Waals surface area contributed by atoms with Crippen LogP contribution in [0.3, 0.4) is 0 Å². The average molecular weight is 320 g/mol. The van der Waals surface area contributed by atoms with Gasteiger partial charge in [0.05, 0.1) is 11.6 Å². The van der Waals surface area contributed by atoms with Gasteiger partial charge in [-0.15, -0.1) is 11.8 Å². The third kappa shape index (κ3) is 4.54. The first-order valence-electron chi connectivity index (χ1n) is 6.63. The van der Waals surface area contributed by atoms with E-state index in [0.717, 1.165) is 33.8 Å². The summed E-state index contributed by atoms with van der Waals surface area (Å²) in [6.45, 7) is 1.99. The summed E-state index contributed by atoms with van der Waals surface area (Å²) >= 11 is 13.8. The second-order valence-corrected chi connectivity index (χ2v) is 6.75. The highest BCUT2D eigenvalue weighted by Crippen LogP contribution is 2.30. The summed E-state index contributed by atoms with van der Waals surface area (Å²) in [6.07, 6.45) is 3.85. The SMILES string of the molecule is OCCN(CCSc1cc(Cl)ccc1Cl)C1CCC1. The number of benzene rings is 1. The molecule has 1 aliphatic rings. The first-order chi connectivity index (χ1) is 9.20. The maximum Gasteiger partial charge on any atom is 0.0558 e. The van der Waals surface area contributed by atoms with E-state index in [4.69, 9.17) is 28.3 Å². The number of hydrogen-bond donors (Lipinski definition) is 1. The van der Waals surface area contributed by atoms with E-state index in [1.54, 1.807) is 17.8 Å². The lowest BCUT2D eigenvalue weighted by molar-refractivity contribution is 0.108. The molecule has 5 heteroatoms. The molecule has 1 aliphatic carbocycles. The van der Waals surface area contributed by atoms with Crippen molar-refractivity contribution in [1.82, 2.24) is 4.90 Å². The van der Waals surface area contributed by atoms with Crippen molar-refractivity contribution >= 4 is 35.0 Å². The molecule has 0 radical (unpaired) electrons. The zero-order chi connectivity index (χ0) is 13.7. The van der Waals surface area contributed by atoms with Gasteiger partial charge >= 0.3 is 0 Å². The molecule has 0 unspecified atom stereocenters. The van der Waals surface area contributed by atoms with Gasteiger partial charge in [-0.3, -0.25) is 4.90 Å². The molecule has 106 valence electrons. The summed E-state index contributed by atoms with van der Waals surface area (Å²) in [7, 11) is 0. The molecular weight excluding hydrogens is 301 g/mol. The summed E-state index contributed by atoms with van der Waals surface area (Å²) in [5.74, 6) is 0.969. The second kappa shape index (κ2) is 7.75. The van der Waals surface area contributed by atoms with Crippen LogP contribution in [0.15, 0.2) is 23.1 Å². The number of nitrogens with zero attached hydrogens (tertiary/aromatic N) is 1. The predicted molar refractivity (Wildman–Crippen MR) is 83.5 cm³/mol. The van der Waals surface area contributed by atoms with Crippen molar-refractivity contribution in [2.24, 2.45) is 0 Å². The standard InChI is InChI=1S/C14H19Cl2NOS/c15-11-4-5-13(16)14(10-11)19-9-7-17(6-8-18)12-2-1-3-12/h4-5,10,12,18H,1-3,6-9H2. The van der Waals surface area contributed by atoms with E-state index in [0.29, 0.717) is 6.04 Å². The highest BCUT2D eigenvalue weighted by molar-refractivity contribution is 7.99. The van der Waals surface area contributed by atoms with Crippen LogP contribution in [-0.4, -0.2) is 41.5 Å². The third-order valence-electron chi connectivity index (χ3n) is 3.51. The molecule has 1 aromatic rings. The van der Waals surface area contributed by atoms with E-state index in [1.807, 2.05) is 12.1 Å². The van der Waals surface area contributed by atoms with Crippen molar-refractivity contribution in [3.63, 3.8) is 0 Å². The summed E-state index contributed by atoms with van der Waals surface area (Å²) in [4.78, 5) is 3.42. The molecule has 1 N–H and O–H groups in total. The van der Waals surface area contributed by atoms with Crippen LogP contribution in [0.25, 0.3) is 0 Å². The van der Waals surface area contributed by atoms with Gasteiger partial charge in [0.25, 0.3) is 0 Å². The molecule has 1 saturated carbocycles. The van der Waals surface area contributed by atoms with E-state index in [1.165, 1.54) is 19.3 Å². The highest BCUT2D eigenvalue weighted by atomic mass is 35.5. The Hall–Kier alpha value is 0.0700. The van der Waals surface area contributed by atoms with Crippen molar-refractivity contribution in [3.8, 4) is 0 Å². The number of aliphatic hydroxyl groups is 1. The number of rotatable bonds is 7. The Morgan fingerprint density at radius 2 is 2.05 bits per heavy atom. The van der Waals surface area contributed by atoms with Gasteiger partial charge < -0.3 is 5.11 Å². The first-order valence-corrected chi connectivity index (χ1v) is 8.37. The molecule has 0 bridgehead atoms. The average Bonchev–Trinajstić information content (AvgIpc) is 2.31. The number of thioether (sulfide) groups is 1. The molecule has 19 heavy (non-hydrogen) atoms. The van der Waals surface area contributed by atoms with Crippen LogP contribution in [0.2, 0.25) is 10.0 Å². The Morgan fingerprint density at radius 3 is 2.68 bits per heavy atom. The molecule has 0 aliphatic heterocycles. The molecular formula is C14H19Cl2NOS. The Labute approximate surface area is 129 Å². The van der Waals surface area contributed by atoms with Crippen molar-refractivity contribution < 1.29 is 5.11 Å². The van der Waals surface area contributed by atoms with Gasteiger partial charge in [-0.1, -0.05) is 29.6 Å². The fourth-order valence-corrected chi connectivity index (χ4v) is 3.70. The zero-order valence-corrected chi connectivity index (χ0v) is 13.1. The van der Waals surface area contributed by atoms with Gasteiger partial charge in [-0.05, 0) is 31.0 Å². The minimum Gasteiger partial charge on any atom is -0.395 e.